The maximum atomic E-state index is 12.8. The first-order chi connectivity index (χ1) is 10.1. The van der Waals surface area contributed by atoms with Gasteiger partial charge in [-0.15, -0.1) is 0 Å². The highest BCUT2D eigenvalue weighted by Crippen LogP contribution is 2.19. The lowest BCUT2D eigenvalue weighted by atomic mass is 10.1. The number of aromatic nitrogens is 2. The summed E-state index contributed by atoms with van der Waals surface area (Å²) in [7, 11) is 0. The lowest BCUT2D eigenvalue weighted by Crippen LogP contribution is -2.14. The van der Waals surface area contributed by atoms with Gasteiger partial charge in [0.25, 0.3) is 0 Å². The van der Waals surface area contributed by atoms with Crippen molar-refractivity contribution < 1.29 is 9.18 Å². The van der Waals surface area contributed by atoms with E-state index in [1.54, 1.807) is 30.3 Å². The molecule has 3 rings (SSSR count). The van der Waals surface area contributed by atoms with Gasteiger partial charge in [0.05, 0.1) is 17.5 Å². The number of amides is 1. The Morgan fingerprint density at radius 1 is 1.24 bits per heavy atom. The van der Waals surface area contributed by atoms with Crippen LogP contribution in [0.3, 0.4) is 0 Å². The molecule has 0 aliphatic heterocycles. The van der Waals surface area contributed by atoms with E-state index in [0.717, 1.165) is 16.6 Å². The number of nitrogens with one attached hydrogen (secondary N) is 2. The second kappa shape index (κ2) is 5.54. The van der Waals surface area contributed by atoms with Crippen LogP contribution in [0.2, 0.25) is 5.28 Å². The Morgan fingerprint density at radius 3 is 2.76 bits per heavy atom. The summed E-state index contributed by atoms with van der Waals surface area (Å²) in [5.74, 6) is -0.493. The van der Waals surface area contributed by atoms with Crippen LogP contribution in [0.25, 0.3) is 11.0 Å². The van der Waals surface area contributed by atoms with Gasteiger partial charge in [0.1, 0.15) is 5.82 Å². The van der Waals surface area contributed by atoms with Gasteiger partial charge >= 0.3 is 0 Å². The number of carbonyl (C=O) groups excluding carboxylic acids is 1. The van der Waals surface area contributed by atoms with Crippen LogP contribution in [0.4, 0.5) is 10.1 Å². The summed E-state index contributed by atoms with van der Waals surface area (Å²) in [4.78, 5) is 18.9. The maximum Gasteiger partial charge on any atom is 0.228 e. The summed E-state index contributed by atoms with van der Waals surface area (Å²) in [6, 6.07) is 11.1. The van der Waals surface area contributed by atoms with E-state index in [2.05, 4.69) is 15.3 Å². The van der Waals surface area contributed by atoms with Crippen molar-refractivity contribution in [3.8, 4) is 0 Å². The van der Waals surface area contributed by atoms with E-state index in [9.17, 15) is 9.18 Å². The summed E-state index contributed by atoms with van der Waals surface area (Å²) >= 11 is 5.78. The lowest BCUT2D eigenvalue weighted by molar-refractivity contribution is -0.115. The first-order valence-electron chi connectivity index (χ1n) is 6.30. The van der Waals surface area contributed by atoms with Crippen molar-refractivity contribution in [3.63, 3.8) is 0 Å². The number of hydrogen-bond donors (Lipinski definition) is 2. The van der Waals surface area contributed by atoms with E-state index in [0.29, 0.717) is 11.0 Å². The van der Waals surface area contributed by atoms with Gasteiger partial charge < -0.3 is 10.3 Å². The number of anilines is 1. The largest absolute Gasteiger partial charge is 0.329 e. The average molecular weight is 304 g/mol. The van der Waals surface area contributed by atoms with Crippen LogP contribution in [0.5, 0.6) is 0 Å². The van der Waals surface area contributed by atoms with Gasteiger partial charge in [0.2, 0.25) is 11.2 Å². The Kier molecular flexibility index (Phi) is 3.58. The van der Waals surface area contributed by atoms with Crippen molar-refractivity contribution in [2.75, 3.05) is 5.32 Å². The Balaban J connectivity index is 1.71. The average Bonchev–Trinajstić information content (AvgIpc) is 2.80. The Labute approximate surface area is 125 Å². The molecule has 0 saturated carbocycles. The minimum atomic E-state index is -0.319. The minimum Gasteiger partial charge on any atom is -0.329 e. The van der Waals surface area contributed by atoms with E-state index in [-0.39, 0.29) is 18.1 Å². The van der Waals surface area contributed by atoms with Crippen molar-refractivity contribution >= 4 is 34.2 Å². The third kappa shape index (κ3) is 3.20. The fraction of sp³-hybridized carbons (Fsp3) is 0.0667. The van der Waals surface area contributed by atoms with E-state index >= 15 is 0 Å². The maximum absolute atomic E-state index is 12.8. The minimum absolute atomic E-state index is 0.174. The molecule has 2 aromatic carbocycles. The molecule has 0 unspecified atom stereocenters. The number of H-pyrrole nitrogens is 1. The Bertz CT molecular complexity index is 798. The zero-order valence-corrected chi connectivity index (χ0v) is 11.6. The second-order valence-electron chi connectivity index (χ2n) is 4.61. The molecule has 2 N–H and O–H groups in total. The van der Waals surface area contributed by atoms with E-state index in [1.807, 2.05) is 0 Å². The number of benzene rings is 2. The Hall–Kier alpha value is -2.40. The molecule has 0 fully saturated rings. The molecule has 21 heavy (non-hydrogen) atoms. The normalized spacial score (nSPS) is 10.8. The molecule has 0 spiro atoms. The lowest BCUT2D eigenvalue weighted by Gasteiger charge is -2.05. The van der Waals surface area contributed by atoms with Crippen molar-refractivity contribution in [1.29, 1.82) is 0 Å². The highest BCUT2D eigenvalue weighted by atomic mass is 35.5. The third-order valence-electron chi connectivity index (χ3n) is 3.01. The van der Waals surface area contributed by atoms with Crippen molar-refractivity contribution in [3.05, 3.63) is 59.1 Å². The third-order valence-corrected chi connectivity index (χ3v) is 3.19. The summed E-state index contributed by atoms with van der Waals surface area (Å²) in [5.41, 5.74) is 2.88. The Morgan fingerprint density at radius 2 is 2.00 bits per heavy atom. The molecule has 1 amide bonds. The molecule has 106 valence electrons. The number of nitrogens with zero attached hydrogens (tertiary/aromatic N) is 1. The molecular formula is C15H11ClFN3O. The number of rotatable bonds is 3. The van der Waals surface area contributed by atoms with E-state index in [1.165, 1.54) is 12.1 Å². The van der Waals surface area contributed by atoms with Gasteiger partial charge in [-0.05, 0) is 47.5 Å². The van der Waals surface area contributed by atoms with Crippen LogP contribution in [-0.4, -0.2) is 15.9 Å². The quantitative estimate of drug-likeness (QED) is 0.777. The molecule has 0 bridgehead atoms. The van der Waals surface area contributed by atoms with Crippen LogP contribution in [0.1, 0.15) is 5.56 Å². The van der Waals surface area contributed by atoms with E-state index < -0.39 is 0 Å². The molecule has 0 aliphatic carbocycles. The van der Waals surface area contributed by atoms with Crippen LogP contribution in [0, 0.1) is 5.82 Å². The van der Waals surface area contributed by atoms with Gasteiger partial charge in [-0.25, -0.2) is 9.37 Å². The first-order valence-corrected chi connectivity index (χ1v) is 6.67. The van der Waals surface area contributed by atoms with Crippen molar-refractivity contribution in [2.45, 2.75) is 6.42 Å². The summed E-state index contributed by atoms with van der Waals surface area (Å²) in [5, 5.41) is 3.09. The fourth-order valence-electron chi connectivity index (χ4n) is 2.05. The molecule has 4 nitrogen and oxygen atoms in total. The van der Waals surface area contributed by atoms with Gasteiger partial charge in [0.15, 0.2) is 0 Å². The predicted octanol–water partition coefficient (Wildman–Crippen LogP) is 3.54. The number of fused-ring (bicyclic) bond motifs is 1. The molecule has 0 saturated heterocycles. The number of hydrogen-bond acceptors (Lipinski definition) is 2. The number of halogens is 2. The fourth-order valence-corrected chi connectivity index (χ4v) is 2.24. The van der Waals surface area contributed by atoms with Crippen molar-refractivity contribution in [2.24, 2.45) is 0 Å². The van der Waals surface area contributed by atoms with Crippen LogP contribution in [0.15, 0.2) is 42.5 Å². The standard InChI is InChI=1S/C15H11ClFN3O/c16-15-19-12-6-5-11(8-13(12)20-15)18-14(21)7-9-1-3-10(17)4-2-9/h1-6,8H,7H2,(H,18,21)(H,19,20). The van der Waals surface area contributed by atoms with Gasteiger partial charge in [-0.1, -0.05) is 12.1 Å². The summed E-state index contributed by atoms with van der Waals surface area (Å²) in [6.45, 7) is 0. The number of aromatic amines is 1. The summed E-state index contributed by atoms with van der Waals surface area (Å²) < 4.78 is 12.8. The SMILES string of the molecule is O=C(Cc1ccc(F)cc1)Nc1ccc2nc(Cl)[nH]c2c1. The smallest absolute Gasteiger partial charge is 0.228 e. The van der Waals surface area contributed by atoms with E-state index in [4.69, 9.17) is 11.6 Å². The molecular weight excluding hydrogens is 293 g/mol. The zero-order chi connectivity index (χ0) is 14.8. The van der Waals surface area contributed by atoms with Crippen molar-refractivity contribution in [1.82, 2.24) is 9.97 Å². The number of imidazole rings is 1. The monoisotopic (exact) mass is 303 g/mol. The molecule has 0 radical (unpaired) electrons. The van der Waals surface area contributed by atoms with Crippen LogP contribution in [-0.2, 0) is 11.2 Å². The molecule has 1 aromatic heterocycles. The molecule has 6 heteroatoms. The molecule has 0 atom stereocenters. The second-order valence-corrected chi connectivity index (χ2v) is 4.97. The van der Waals surface area contributed by atoms with Gasteiger partial charge in [-0.2, -0.15) is 0 Å². The molecule has 3 aromatic rings. The van der Waals surface area contributed by atoms with Crippen LogP contribution < -0.4 is 5.32 Å². The van der Waals surface area contributed by atoms with Gasteiger partial charge in [-0.3, -0.25) is 4.79 Å². The predicted molar refractivity (Wildman–Crippen MR) is 79.8 cm³/mol. The van der Waals surface area contributed by atoms with Gasteiger partial charge in [0, 0.05) is 5.69 Å². The molecule has 1 heterocycles. The highest BCUT2D eigenvalue weighted by Gasteiger charge is 2.06. The highest BCUT2D eigenvalue weighted by molar-refractivity contribution is 6.29. The number of carbonyl (C=O) groups is 1. The summed E-state index contributed by atoms with van der Waals surface area (Å²) in [6.07, 6.45) is 0.183. The first kappa shape index (κ1) is 13.6. The molecule has 0 aliphatic rings. The topological polar surface area (TPSA) is 57.8 Å². The zero-order valence-electron chi connectivity index (χ0n) is 10.9. The van der Waals surface area contributed by atoms with Crippen LogP contribution >= 0.6 is 11.6 Å².